The molecule has 3 nitrogen and oxygen atoms in total. The summed E-state index contributed by atoms with van der Waals surface area (Å²) in [4.78, 5) is 9.37. The maximum Gasteiger partial charge on any atom is 0.131 e. The van der Waals surface area contributed by atoms with Crippen LogP contribution < -0.4 is 5.32 Å². The van der Waals surface area contributed by atoms with E-state index in [2.05, 4.69) is 29.1 Å². The third kappa shape index (κ3) is 2.24. The van der Waals surface area contributed by atoms with Gasteiger partial charge in [0.1, 0.15) is 5.82 Å². The highest BCUT2D eigenvalue weighted by atomic mass is 14.9. The van der Waals surface area contributed by atoms with Gasteiger partial charge < -0.3 is 5.32 Å². The van der Waals surface area contributed by atoms with E-state index < -0.39 is 0 Å². The molecule has 0 aromatic carbocycles. The Morgan fingerprint density at radius 3 is 2.19 bits per heavy atom. The first-order chi connectivity index (χ1) is 7.72. The zero-order chi connectivity index (χ0) is 11.5. The van der Waals surface area contributed by atoms with Gasteiger partial charge in [-0.3, -0.25) is 0 Å². The molecule has 2 rings (SSSR count). The van der Waals surface area contributed by atoms with Crippen molar-refractivity contribution in [1.29, 1.82) is 0 Å². The number of nitrogens with zero attached hydrogens (tertiary/aromatic N) is 2. The molecule has 0 amide bonds. The Morgan fingerprint density at radius 2 is 1.69 bits per heavy atom. The molecule has 3 heteroatoms. The van der Waals surface area contributed by atoms with Crippen molar-refractivity contribution in [1.82, 2.24) is 15.3 Å². The molecule has 0 radical (unpaired) electrons. The van der Waals surface area contributed by atoms with Crippen molar-refractivity contribution < 1.29 is 0 Å². The molecule has 1 saturated carbocycles. The number of hydrogen-bond acceptors (Lipinski definition) is 3. The van der Waals surface area contributed by atoms with E-state index in [9.17, 15) is 0 Å². The van der Waals surface area contributed by atoms with Crippen LogP contribution in [0.4, 0.5) is 0 Å². The topological polar surface area (TPSA) is 37.8 Å². The molecule has 0 atom stereocenters. The first kappa shape index (κ1) is 11.5. The Morgan fingerprint density at radius 1 is 1.12 bits per heavy atom. The second kappa shape index (κ2) is 4.91. The first-order valence-electron chi connectivity index (χ1n) is 6.21. The fourth-order valence-electron chi connectivity index (χ4n) is 2.56. The Kier molecular flexibility index (Phi) is 3.54. The molecule has 1 heterocycles. The van der Waals surface area contributed by atoms with Gasteiger partial charge >= 0.3 is 0 Å². The van der Waals surface area contributed by atoms with E-state index in [1.54, 1.807) is 0 Å². The van der Waals surface area contributed by atoms with Crippen LogP contribution in [0, 0.1) is 13.8 Å². The number of hydrogen-bond donors (Lipinski definition) is 1. The Hall–Kier alpha value is -0.960. The van der Waals surface area contributed by atoms with Crippen LogP contribution in [0.2, 0.25) is 0 Å². The van der Waals surface area contributed by atoms with E-state index in [0.29, 0.717) is 5.92 Å². The average molecular weight is 219 g/mol. The summed E-state index contributed by atoms with van der Waals surface area (Å²) < 4.78 is 0. The summed E-state index contributed by atoms with van der Waals surface area (Å²) >= 11 is 0. The molecule has 1 aromatic heterocycles. The Bertz CT molecular complexity index is 344. The van der Waals surface area contributed by atoms with Crippen LogP contribution in [0.3, 0.4) is 0 Å². The van der Waals surface area contributed by atoms with Gasteiger partial charge in [-0.05, 0) is 33.7 Å². The highest BCUT2D eigenvalue weighted by molar-refractivity contribution is 5.25. The van der Waals surface area contributed by atoms with Gasteiger partial charge in [-0.15, -0.1) is 0 Å². The minimum Gasteiger partial charge on any atom is -0.316 e. The molecule has 0 bridgehead atoms. The molecule has 1 N–H and O–H groups in total. The highest BCUT2D eigenvalue weighted by Gasteiger charge is 2.21. The van der Waals surface area contributed by atoms with Crippen molar-refractivity contribution >= 4 is 0 Å². The van der Waals surface area contributed by atoms with Gasteiger partial charge in [0.25, 0.3) is 0 Å². The number of rotatable bonds is 3. The minimum atomic E-state index is 0.612. The van der Waals surface area contributed by atoms with Gasteiger partial charge in [0.15, 0.2) is 0 Å². The van der Waals surface area contributed by atoms with Crippen LogP contribution in [-0.2, 0) is 6.54 Å². The van der Waals surface area contributed by atoms with E-state index in [0.717, 1.165) is 23.8 Å². The average Bonchev–Trinajstić information content (AvgIpc) is 2.76. The Labute approximate surface area is 97.7 Å². The zero-order valence-corrected chi connectivity index (χ0v) is 10.5. The van der Waals surface area contributed by atoms with Gasteiger partial charge in [-0.2, -0.15) is 0 Å². The molecule has 0 saturated heterocycles. The summed E-state index contributed by atoms with van der Waals surface area (Å²) in [5, 5.41) is 3.17. The van der Waals surface area contributed by atoms with Crippen LogP contribution >= 0.6 is 0 Å². The SMILES string of the molecule is CNCc1c(C)nc(C2CCCC2)nc1C. The predicted octanol–water partition coefficient (Wildman–Crippen LogP) is 2.47. The fraction of sp³-hybridized carbons (Fsp3) is 0.692. The van der Waals surface area contributed by atoms with Crippen LogP contribution in [0.5, 0.6) is 0 Å². The molecular formula is C13H21N3. The minimum absolute atomic E-state index is 0.612. The van der Waals surface area contributed by atoms with Gasteiger partial charge in [0.05, 0.1) is 0 Å². The fourth-order valence-corrected chi connectivity index (χ4v) is 2.56. The normalized spacial score (nSPS) is 16.9. The lowest BCUT2D eigenvalue weighted by molar-refractivity contribution is 0.651. The monoisotopic (exact) mass is 219 g/mol. The second-order valence-corrected chi connectivity index (χ2v) is 4.74. The smallest absolute Gasteiger partial charge is 0.131 e. The van der Waals surface area contributed by atoms with Gasteiger partial charge in [0, 0.05) is 29.4 Å². The second-order valence-electron chi connectivity index (χ2n) is 4.74. The van der Waals surface area contributed by atoms with E-state index in [1.165, 1.54) is 31.2 Å². The summed E-state index contributed by atoms with van der Waals surface area (Å²) in [6.45, 7) is 5.06. The number of aromatic nitrogens is 2. The van der Waals surface area contributed by atoms with Crippen molar-refractivity contribution in [2.24, 2.45) is 0 Å². The van der Waals surface area contributed by atoms with Crippen LogP contribution in [0.25, 0.3) is 0 Å². The lowest BCUT2D eigenvalue weighted by Gasteiger charge is -2.13. The third-order valence-corrected chi connectivity index (χ3v) is 3.51. The maximum absolute atomic E-state index is 4.68. The summed E-state index contributed by atoms with van der Waals surface area (Å²) in [6, 6.07) is 0. The molecule has 1 aliphatic rings. The summed E-state index contributed by atoms with van der Waals surface area (Å²) in [5.74, 6) is 1.69. The van der Waals surface area contributed by atoms with Crippen molar-refractivity contribution in [3.8, 4) is 0 Å². The molecule has 0 aliphatic heterocycles. The maximum atomic E-state index is 4.68. The summed E-state index contributed by atoms with van der Waals surface area (Å²) in [7, 11) is 1.96. The van der Waals surface area contributed by atoms with Gasteiger partial charge in [-0.25, -0.2) is 9.97 Å². The van der Waals surface area contributed by atoms with E-state index >= 15 is 0 Å². The molecule has 1 fully saturated rings. The van der Waals surface area contributed by atoms with Crippen molar-refractivity contribution in [3.63, 3.8) is 0 Å². The van der Waals surface area contributed by atoms with Crippen molar-refractivity contribution in [2.45, 2.75) is 52.0 Å². The molecular weight excluding hydrogens is 198 g/mol. The molecule has 1 aliphatic carbocycles. The molecule has 1 aromatic rings. The number of nitrogens with one attached hydrogen (secondary N) is 1. The third-order valence-electron chi connectivity index (χ3n) is 3.51. The zero-order valence-electron chi connectivity index (χ0n) is 10.5. The molecule has 0 spiro atoms. The predicted molar refractivity (Wildman–Crippen MR) is 65.5 cm³/mol. The van der Waals surface area contributed by atoms with Gasteiger partial charge in [0.2, 0.25) is 0 Å². The standard InChI is InChI=1S/C13H21N3/c1-9-12(8-14-3)10(2)16-13(15-9)11-6-4-5-7-11/h11,14H,4-8H2,1-3H3. The highest BCUT2D eigenvalue weighted by Crippen LogP contribution is 2.32. The quantitative estimate of drug-likeness (QED) is 0.848. The van der Waals surface area contributed by atoms with Crippen LogP contribution in [-0.4, -0.2) is 17.0 Å². The molecule has 0 unspecified atom stereocenters. The first-order valence-corrected chi connectivity index (χ1v) is 6.21. The van der Waals surface area contributed by atoms with Gasteiger partial charge in [-0.1, -0.05) is 12.8 Å². The van der Waals surface area contributed by atoms with E-state index in [4.69, 9.17) is 0 Å². The van der Waals surface area contributed by atoms with E-state index in [1.807, 2.05) is 7.05 Å². The summed E-state index contributed by atoms with van der Waals surface area (Å²) in [6.07, 6.45) is 5.21. The van der Waals surface area contributed by atoms with Crippen LogP contribution in [0.15, 0.2) is 0 Å². The molecule has 16 heavy (non-hydrogen) atoms. The Balaban J connectivity index is 2.28. The van der Waals surface area contributed by atoms with Crippen LogP contribution in [0.1, 0.15) is 54.4 Å². The largest absolute Gasteiger partial charge is 0.316 e. The van der Waals surface area contributed by atoms with E-state index in [-0.39, 0.29) is 0 Å². The molecule has 88 valence electrons. The lowest BCUT2D eigenvalue weighted by Crippen LogP contribution is -2.13. The summed E-state index contributed by atoms with van der Waals surface area (Å²) in [5.41, 5.74) is 3.54. The lowest BCUT2D eigenvalue weighted by atomic mass is 10.1. The van der Waals surface area contributed by atoms with Crippen molar-refractivity contribution in [2.75, 3.05) is 7.05 Å². The number of aryl methyl sites for hydroxylation is 2. The van der Waals surface area contributed by atoms with Crippen molar-refractivity contribution in [3.05, 3.63) is 22.8 Å².